The monoisotopic (exact) mass is 576 g/mol. The van der Waals surface area contributed by atoms with Gasteiger partial charge in [0.2, 0.25) is 0 Å². The molecule has 0 radical (unpaired) electrons. The van der Waals surface area contributed by atoms with Crippen molar-refractivity contribution in [2.75, 3.05) is 6.54 Å². The highest BCUT2D eigenvalue weighted by atomic mass is 35.5. The Kier molecular flexibility index (Phi) is 7.17. The fourth-order valence-corrected chi connectivity index (χ4v) is 5.95. The molecule has 9 nitrogen and oxygen atoms in total. The van der Waals surface area contributed by atoms with E-state index in [1.807, 2.05) is 4.72 Å². The van der Waals surface area contributed by atoms with E-state index in [9.17, 15) is 13.2 Å². The Morgan fingerprint density at radius 1 is 1.11 bits per heavy atom. The van der Waals surface area contributed by atoms with E-state index in [4.69, 9.17) is 23.2 Å². The highest BCUT2D eigenvalue weighted by Crippen LogP contribution is 2.34. The zero-order valence-electron chi connectivity index (χ0n) is 20.2. The molecule has 0 saturated carbocycles. The Labute approximate surface area is 228 Å². The second kappa shape index (κ2) is 10.4. The number of urea groups is 1. The zero-order valence-corrected chi connectivity index (χ0v) is 22.5. The van der Waals surface area contributed by atoms with Gasteiger partial charge in [0.05, 0.1) is 41.6 Å². The number of aromatic nitrogens is 4. The summed E-state index contributed by atoms with van der Waals surface area (Å²) in [6.07, 6.45) is 5.15. The quantitative estimate of drug-likeness (QED) is 0.341. The van der Waals surface area contributed by atoms with Crippen molar-refractivity contribution in [3.63, 3.8) is 0 Å². The number of hydrogen-bond acceptors (Lipinski definition) is 5. The van der Waals surface area contributed by atoms with Crippen LogP contribution in [0.25, 0.3) is 16.5 Å². The van der Waals surface area contributed by atoms with Crippen molar-refractivity contribution >= 4 is 55.7 Å². The van der Waals surface area contributed by atoms with Gasteiger partial charge in [-0.3, -0.25) is 9.36 Å². The number of fused-ring (bicyclic) bond motifs is 2. The number of carbonyl (C=O) groups excluding carboxylic acids is 1. The molecule has 2 aromatic heterocycles. The largest absolute Gasteiger partial charge is 0.331 e. The lowest BCUT2D eigenvalue weighted by molar-refractivity contribution is 0.246. The van der Waals surface area contributed by atoms with Crippen LogP contribution in [0.4, 0.5) is 9.18 Å². The van der Waals surface area contributed by atoms with E-state index in [1.54, 1.807) is 46.9 Å². The number of benzene rings is 2. The van der Waals surface area contributed by atoms with Crippen LogP contribution >= 0.6 is 23.2 Å². The molecule has 1 aliphatic rings. The van der Waals surface area contributed by atoms with Crippen molar-refractivity contribution in [3.05, 3.63) is 81.5 Å². The molecule has 13 heteroatoms. The second-order valence-electron chi connectivity index (χ2n) is 8.93. The molecule has 0 unspecified atom stereocenters. The number of carbonyl (C=O) groups is 1. The fourth-order valence-electron chi connectivity index (χ4n) is 4.52. The number of sulfonamides is 1. The molecule has 2 amide bonds. The lowest BCUT2D eigenvalue weighted by Gasteiger charge is -2.19. The van der Waals surface area contributed by atoms with Crippen LogP contribution in [-0.2, 0) is 30.0 Å². The van der Waals surface area contributed by atoms with Gasteiger partial charge in [-0.15, -0.1) is 0 Å². The first-order valence-electron chi connectivity index (χ1n) is 11.7. The molecule has 2 heterocycles. The molecule has 2 aromatic carbocycles. The number of nitrogens with one attached hydrogen (secondary N) is 2. The van der Waals surface area contributed by atoms with Crippen LogP contribution in [-0.4, -0.2) is 40.6 Å². The average molecular weight is 577 g/mol. The molecule has 0 aliphatic heterocycles. The number of halogens is 3. The van der Waals surface area contributed by atoms with Crippen molar-refractivity contribution < 1.29 is 17.6 Å². The van der Waals surface area contributed by atoms with Gasteiger partial charge in [-0.1, -0.05) is 29.3 Å². The number of amides is 2. The van der Waals surface area contributed by atoms with E-state index >= 15 is 4.39 Å². The molecular formula is C25H23Cl2FN6O3S. The zero-order chi connectivity index (χ0) is 27.0. The third kappa shape index (κ3) is 5.27. The van der Waals surface area contributed by atoms with Gasteiger partial charge in [-0.25, -0.2) is 22.3 Å². The van der Waals surface area contributed by atoms with Crippen LogP contribution in [0.3, 0.4) is 0 Å². The van der Waals surface area contributed by atoms with Crippen molar-refractivity contribution in [1.29, 1.82) is 0 Å². The summed E-state index contributed by atoms with van der Waals surface area (Å²) in [4.78, 5) is 12.3. The maximum absolute atomic E-state index is 15.4. The van der Waals surface area contributed by atoms with Crippen LogP contribution in [0.15, 0.2) is 59.5 Å². The Morgan fingerprint density at radius 2 is 1.92 bits per heavy atom. The van der Waals surface area contributed by atoms with Crippen LogP contribution in [0, 0.1) is 0 Å². The Balaban J connectivity index is 1.31. The third-order valence-corrected chi connectivity index (χ3v) is 8.31. The van der Waals surface area contributed by atoms with Gasteiger partial charge in [-0.2, -0.15) is 10.2 Å². The SMILES string of the molecule is Cn1ncc2cc(S(=O)(=O)NC(=O)NC/C(F)=C3\CCCc4cnn(Cc5ccc(Cl)cc5Cl)c43)ccc21. The number of nitrogens with zero attached hydrogens (tertiary/aromatic N) is 4. The molecule has 4 aromatic rings. The molecule has 0 spiro atoms. The van der Waals surface area contributed by atoms with Gasteiger partial charge in [0, 0.05) is 28.1 Å². The molecule has 38 heavy (non-hydrogen) atoms. The predicted molar refractivity (Wildman–Crippen MR) is 143 cm³/mol. The van der Waals surface area contributed by atoms with E-state index in [1.165, 1.54) is 18.3 Å². The van der Waals surface area contributed by atoms with Gasteiger partial charge in [0.1, 0.15) is 5.83 Å². The number of hydrogen-bond donors (Lipinski definition) is 2. The smallest absolute Gasteiger partial charge is 0.329 e. The minimum atomic E-state index is -4.18. The van der Waals surface area contributed by atoms with Crippen LogP contribution in [0.5, 0.6) is 0 Å². The Bertz CT molecular complexity index is 1700. The molecule has 0 saturated heterocycles. The van der Waals surface area contributed by atoms with Gasteiger partial charge < -0.3 is 5.32 Å². The first-order chi connectivity index (χ1) is 18.1. The number of rotatable bonds is 6. The summed E-state index contributed by atoms with van der Waals surface area (Å²) in [5.74, 6) is -0.570. The van der Waals surface area contributed by atoms with E-state index in [2.05, 4.69) is 15.5 Å². The van der Waals surface area contributed by atoms with E-state index < -0.39 is 28.4 Å². The summed E-state index contributed by atoms with van der Waals surface area (Å²) < 4.78 is 46.0. The van der Waals surface area contributed by atoms with Crippen molar-refractivity contribution in [3.8, 4) is 0 Å². The maximum Gasteiger partial charge on any atom is 0.329 e. The predicted octanol–water partition coefficient (Wildman–Crippen LogP) is 4.83. The van der Waals surface area contributed by atoms with Crippen LogP contribution < -0.4 is 10.0 Å². The molecule has 1 aliphatic carbocycles. The topological polar surface area (TPSA) is 111 Å². The summed E-state index contributed by atoms with van der Waals surface area (Å²) in [6.45, 7) is -0.166. The highest BCUT2D eigenvalue weighted by molar-refractivity contribution is 7.90. The van der Waals surface area contributed by atoms with E-state index in [0.29, 0.717) is 39.7 Å². The normalized spacial score (nSPS) is 14.8. The molecule has 198 valence electrons. The van der Waals surface area contributed by atoms with Gasteiger partial charge in [-0.05, 0) is 60.7 Å². The van der Waals surface area contributed by atoms with Crippen molar-refractivity contribution in [2.45, 2.75) is 30.7 Å². The first kappa shape index (κ1) is 26.2. The third-order valence-electron chi connectivity index (χ3n) is 6.40. The maximum atomic E-state index is 15.4. The Hall–Kier alpha value is -3.41. The summed E-state index contributed by atoms with van der Waals surface area (Å²) in [6, 6.07) is 8.50. The lowest BCUT2D eigenvalue weighted by atomic mass is 9.92. The molecule has 2 N–H and O–H groups in total. The summed E-state index contributed by atoms with van der Waals surface area (Å²) in [5, 5.41) is 12.4. The van der Waals surface area contributed by atoms with Gasteiger partial charge >= 0.3 is 6.03 Å². The molecule has 5 rings (SSSR count). The average Bonchev–Trinajstić information content (AvgIpc) is 3.47. The lowest BCUT2D eigenvalue weighted by Crippen LogP contribution is -2.40. The van der Waals surface area contributed by atoms with E-state index in [-0.39, 0.29) is 4.90 Å². The number of allylic oxidation sites excluding steroid dienone is 1. The second-order valence-corrected chi connectivity index (χ2v) is 11.5. The van der Waals surface area contributed by atoms with Gasteiger partial charge in [0.15, 0.2) is 0 Å². The highest BCUT2D eigenvalue weighted by Gasteiger charge is 2.25. The standard InChI is InChI=1S/C25H23Cl2FN6O3S/c1-33-23-8-7-19(9-17(23)12-30-33)38(36,37)32-25(35)29-13-22(28)20-4-2-3-15-11-31-34(24(15)20)14-16-5-6-18(26)10-21(16)27/h5-12H,2-4,13-14H2,1H3,(H2,29,32,35)/b22-20-. The Morgan fingerprint density at radius 3 is 2.71 bits per heavy atom. The van der Waals surface area contributed by atoms with Gasteiger partial charge in [0.25, 0.3) is 10.0 Å². The first-order valence-corrected chi connectivity index (χ1v) is 13.9. The molecule has 0 bridgehead atoms. The van der Waals surface area contributed by atoms with E-state index in [0.717, 1.165) is 29.5 Å². The summed E-state index contributed by atoms with van der Waals surface area (Å²) >= 11 is 12.3. The fraction of sp³-hybridized carbons (Fsp3) is 0.240. The summed E-state index contributed by atoms with van der Waals surface area (Å²) in [5.41, 5.74) is 3.47. The summed E-state index contributed by atoms with van der Waals surface area (Å²) in [7, 11) is -2.44. The molecular weight excluding hydrogens is 554 g/mol. The molecule has 0 atom stereocenters. The van der Waals surface area contributed by atoms with Crippen LogP contribution in [0.1, 0.15) is 29.7 Å². The molecule has 0 fully saturated rings. The number of aryl methyl sites for hydroxylation is 2. The van der Waals surface area contributed by atoms with Crippen LogP contribution in [0.2, 0.25) is 10.0 Å². The minimum absolute atomic E-state index is 0.103. The van der Waals surface area contributed by atoms with Crippen molar-refractivity contribution in [2.24, 2.45) is 7.05 Å². The minimum Gasteiger partial charge on any atom is -0.331 e. The van der Waals surface area contributed by atoms with Crippen molar-refractivity contribution in [1.82, 2.24) is 29.6 Å².